The predicted molar refractivity (Wildman–Crippen MR) is 80.3 cm³/mol. The summed E-state index contributed by atoms with van der Waals surface area (Å²) in [5.41, 5.74) is 7.78. The van der Waals surface area contributed by atoms with E-state index in [2.05, 4.69) is 5.32 Å². The third-order valence-corrected chi connectivity index (χ3v) is 4.01. The van der Waals surface area contributed by atoms with E-state index in [4.69, 9.17) is 5.73 Å². The molecule has 2 atom stereocenters. The lowest BCUT2D eigenvalue weighted by Crippen LogP contribution is -2.34. The van der Waals surface area contributed by atoms with Gasteiger partial charge >= 0.3 is 0 Å². The minimum Gasteiger partial charge on any atom is -0.390 e. The lowest BCUT2D eigenvalue weighted by Gasteiger charge is -2.18. The van der Waals surface area contributed by atoms with Gasteiger partial charge in [0.25, 0.3) is 5.91 Å². The minimum atomic E-state index is -0.655. The number of hydrogen-bond acceptors (Lipinski definition) is 3. The number of carbonyl (C=O) groups excluding carboxylic acids is 2. The van der Waals surface area contributed by atoms with Gasteiger partial charge in [-0.15, -0.1) is 0 Å². The molecule has 3 rings (SSSR count). The summed E-state index contributed by atoms with van der Waals surface area (Å²) < 4.78 is 1.54. The van der Waals surface area contributed by atoms with Gasteiger partial charge in [-0.2, -0.15) is 0 Å². The molecule has 0 saturated heterocycles. The molecule has 1 aliphatic carbocycles. The van der Waals surface area contributed by atoms with E-state index in [1.807, 2.05) is 24.3 Å². The van der Waals surface area contributed by atoms with Crippen molar-refractivity contribution in [3.63, 3.8) is 0 Å². The molecule has 0 fully saturated rings. The van der Waals surface area contributed by atoms with Crippen LogP contribution in [-0.4, -0.2) is 27.6 Å². The maximum absolute atomic E-state index is 12.4. The second-order valence-electron chi connectivity index (χ2n) is 5.51. The van der Waals surface area contributed by atoms with E-state index in [-0.39, 0.29) is 11.5 Å². The largest absolute Gasteiger partial charge is 0.390 e. The quantitative estimate of drug-likeness (QED) is 0.770. The smallest absolute Gasteiger partial charge is 0.268 e. The van der Waals surface area contributed by atoms with Crippen molar-refractivity contribution in [2.45, 2.75) is 18.6 Å². The van der Waals surface area contributed by atoms with Crippen molar-refractivity contribution < 1.29 is 14.7 Å². The number of nitrogens with one attached hydrogen (secondary N) is 1. The first-order chi connectivity index (χ1) is 10.5. The Balaban J connectivity index is 1.84. The first-order valence-electron chi connectivity index (χ1n) is 7.00. The molecule has 0 radical (unpaired) electrons. The molecule has 0 aliphatic heterocycles. The molecule has 2 amide bonds. The van der Waals surface area contributed by atoms with Crippen LogP contribution in [0.25, 0.3) is 0 Å². The molecule has 1 heterocycles. The number of carbonyl (C=O) groups is 2. The highest BCUT2D eigenvalue weighted by molar-refractivity contribution is 5.98. The highest BCUT2D eigenvalue weighted by Crippen LogP contribution is 2.31. The summed E-state index contributed by atoms with van der Waals surface area (Å²) >= 11 is 0. The van der Waals surface area contributed by atoms with Gasteiger partial charge in [-0.3, -0.25) is 9.59 Å². The molecule has 2 aromatic rings. The van der Waals surface area contributed by atoms with Crippen LogP contribution in [0.2, 0.25) is 0 Å². The lowest BCUT2D eigenvalue weighted by molar-refractivity contribution is 0.0850. The molecular formula is C16H17N3O3. The van der Waals surface area contributed by atoms with Gasteiger partial charge in [0.15, 0.2) is 0 Å². The maximum Gasteiger partial charge on any atom is 0.268 e. The van der Waals surface area contributed by atoms with Gasteiger partial charge in [0.05, 0.1) is 17.7 Å². The molecular weight excluding hydrogens is 282 g/mol. The Morgan fingerprint density at radius 3 is 2.77 bits per heavy atom. The van der Waals surface area contributed by atoms with Gasteiger partial charge in [0.1, 0.15) is 5.69 Å². The third kappa shape index (κ3) is 2.37. The molecule has 1 aromatic carbocycles. The Kier molecular flexibility index (Phi) is 3.46. The minimum absolute atomic E-state index is 0.278. The number of aliphatic hydroxyl groups excluding tert-OH is 1. The number of amides is 2. The maximum atomic E-state index is 12.4. The Hall–Kier alpha value is -2.60. The van der Waals surface area contributed by atoms with Crippen molar-refractivity contribution in [1.82, 2.24) is 9.88 Å². The van der Waals surface area contributed by atoms with Crippen LogP contribution in [0.5, 0.6) is 0 Å². The van der Waals surface area contributed by atoms with Crippen molar-refractivity contribution in [3.8, 4) is 0 Å². The topological polar surface area (TPSA) is 97.4 Å². The van der Waals surface area contributed by atoms with Gasteiger partial charge in [-0.25, -0.2) is 0 Å². The number of aromatic nitrogens is 1. The Bertz CT molecular complexity index is 751. The highest BCUT2D eigenvalue weighted by atomic mass is 16.3. The zero-order valence-electron chi connectivity index (χ0n) is 12.1. The lowest BCUT2D eigenvalue weighted by atomic mass is 10.1. The Morgan fingerprint density at radius 1 is 1.36 bits per heavy atom. The van der Waals surface area contributed by atoms with Gasteiger partial charge in [-0.05, 0) is 17.2 Å². The summed E-state index contributed by atoms with van der Waals surface area (Å²) in [5.74, 6) is -0.934. The van der Waals surface area contributed by atoms with E-state index in [9.17, 15) is 14.7 Å². The number of aliphatic hydroxyl groups is 1. The van der Waals surface area contributed by atoms with E-state index in [0.29, 0.717) is 12.1 Å². The monoisotopic (exact) mass is 299 g/mol. The third-order valence-electron chi connectivity index (χ3n) is 4.01. The van der Waals surface area contributed by atoms with Gasteiger partial charge < -0.3 is 20.7 Å². The van der Waals surface area contributed by atoms with Crippen molar-refractivity contribution >= 4 is 11.8 Å². The first-order valence-corrected chi connectivity index (χ1v) is 7.00. The fourth-order valence-corrected chi connectivity index (χ4v) is 2.89. The SMILES string of the molecule is Cn1cc(C(N)=O)cc1C(=O)N[C@@H]1c2ccccc2C[C@@H]1O. The number of nitrogens with two attached hydrogens (primary N) is 1. The second kappa shape index (κ2) is 5.31. The average molecular weight is 299 g/mol. The normalized spacial score (nSPS) is 19.7. The van der Waals surface area contributed by atoms with Crippen LogP contribution in [0, 0.1) is 0 Å². The molecule has 0 saturated carbocycles. The summed E-state index contributed by atoms with van der Waals surface area (Å²) in [4.78, 5) is 23.6. The van der Waals surface area contributed by atoms with Gasteiger partial charge in [-0.1, -0.05) is 24.3 Å². The molecule has 6 nitrogen and oxygen atoms in total. The van der Waals surface area contributed by atoms with Crippen LogP contribution in [0.4, 0.5) is 0 Å². The van der Waals surface area contributed by atoms with Crippen LogP contribution in [-0.2, 0) is 13.5 Å². The summed E-state index contributed by atoms with van der Waals surface area (Å²) in [6, 6.07) is 8.63. The molecule has 6 heteroatoms. The molecule has 0 spiro atoms. The highest BCUT2D eigenvalue weighted by Gasteiger charge is 2.32. The fourth-order valence-electron chi connectivity index (χ4n) is 2.89. The van der Waals surface area contributed by atoms with E-state index in [1.54, 1.807) is 11.6 Å². The van der Waals surface area contributed by atoms with Crippen molar-refractivity contribution in [2.24, 2.45) is 12.8 Å². The Labute approximate surface area is 127 Å². The fraction of sp³-hybridized carbons (Fsp3) is 0.250. The number of fused-ring (bicyclic) bond motifs is 1. The van der Waals surface area contributed by atoms with E-state index in [0.717, 1.165) is 11.1 Å². The molecule has 0 unspecified atom stereocenters. The summed E-state index contributed by atoms with van der Waals surface area (Å²) in [7, 11) is 1.67. The van der Waals surface area contributed by atoms with Crippen LogP contribution in [0.3, 0.4) is 0 Å². The first kappa shape index (κ1) is 14.3. The number of rotatable bonds is 3. The van der Waals surface area contributed by atoms with E-state index < -0.39 is 18.1 Å². The molecule has 0 bridgehead atoms. The molecule has 22 heavy (non-hydrogen) atoms. The zero-order valence-corrected chi connectivity index (χ0v) is 12.1. The number of primary amides is 1. The number of nitrogens with zero attached hydrogens (tertiary/aromatic N) is 1. The van der Waals surface area contributed by atoms with Crippen molar-refractivity contribution in [3.05, 3.63) is 58.9 Å². The number of benzene rings is 1. The molecule has 114 valence electrons. The number of aryl methyl sites for hydroxylation is 1. The zero-order chi connectivity index (χ0) is 15.9. The summed E-state index contributed by atoms with van der Waals surface area (Å²) in [6.45, 7) is 0. The standard InChI is InChI=1S/C16H17N3O3/c1-19-8-10(15(17)21)6-12(19)16(22)18-14-11-5-3-2-4-9(11)7-13(14)20/h2-6,8,13-14,20H,7H2,1H3,(H2,17,21)(H,18,22)/t13-,14+/m0/s1. The predicted octanol–water partition coefficient (Wildman–Crippen LogP) is 0.512. The van der Waals surface area contributed by atoms with Crippen molar-refractivity contribution in [1.29, 1.82) is 0 Å². The molecule has 4 N–H and O–H groups in total. The van der Waals surface area contributed by atoms with Crippen LogP contribution in [0.1, 0.15) is 38.0 Å². The van der Waals surface area contributed by atoms with Gasteiger partial charge in [0, 0.05) is 19.7 Å². The molecule has 1 aromatic heterocycles. The van der Waals surface area contributed by atoms with Crippen molar-refractivity contribution in [2.75, 3.05) is 0 Å². The Morgan fingerprint density at radius 2 is 2.09 bits per heavy atom. The number of hydrogen-bond donors (Lipinski definition) is 3. The van der Waals surface area contributed by atoms with Crippen LogP contribution < -0.4 is 11.1 Å². The average Bonchev–Trinajstić information content (AvgIpc) is 3.00. The van der Waals surface area contributed by atoms with E-state index >= 15 is 0 Å². The van der Waals surface area contributed by atoms with Crippen LogP contribution in [0.15, 0.2) is 36.5 Å². The summed E-state index contributed by atoms with van der Waals surface area (Å²) in [6.07, 6.45) is 1.37. The molecule has 1 aliphatic rings. The van der Waals surface area contributed by atoms with Gasteiger partial charge in [0.2, 0.25) is 5.91 Å². The second-order valence-corrected chi connectivity index (χ2v) is 5.51. The summed E-state index contributed by atoms with van der Waals surface area (Å²) in [5, 5.41) is 13.0. The van der Waals surface area contributed by atoms with E-state index in [1.165, 1.54) is 12.3 Å². The van der Waals surface area contributed by atoms with Crippen LogP contribution >= 0.6 is 0 Å².